The maximum atomic E-state index is 2.68. The van der Waals surface area contributed by atoms with Crippen molar-refractivity contribution in [1.82, 2.24) is 0 Å². The quantitative estimate of drug-likeness (QED) is 0.163. The van der Waals surface area contributed by atoms with Gasteiger partial charge >= 0.3 is 0 Å². The molecular weight excluding hydrogens is 796 g/mol. The monoisotopic (exact) mass is 865 g/mol. The fourth-order valence-electron chi connectivity index (χ4n) is 11.2. The summed E-state index contributed by atoms with van der Waals surface area (Å²) < 4.78 is 0. The third kappa shape index (κ3) is 7.33. The lowest BCUT2D eigenvalue weighted by Gasteiger charge is -2.48. The zero-order valence-electron chi connectivity index (χ0n) is 42.2. The van der Waals surface area contributed by atoms with Crippen molar-refractivity contribution in [2.45, 2.75) is 137 Å². The van der Waals surface area contributed by atoms with E-state index in [4.69, 9.17) is 0 Å². The Bertz CT molecular complexity index is 3040. The SMILES string of the molecule is Cc1cc2c3c(c1)N(c1ccc(C(C)(C)C)cc1-c1ccc(-c4ccccc4)cc1)c1cc4c(cc1B3c1ccc(C(C)(C)C)cc1N2c1cccc(C(C)(C)C)c1)C(C)(C)CCC4(C)C. The van der Waals surface area contributed by atoms with E-state index in [0.29, 0.717) is 0 Å². The first kappa shape index (κ1) is 44.1. The van der Waals surface area contributed by atoms with Gasteiger partial charge in [-0.2, -0.15) is 0 Å². The van der Waals surface area contributed by atoms with Crippen LogP contribution in [0.4, 0.5) is 34.1 Å². The van der Waals surface area contributed by atoms with Crippen LogP contribution in [0.25, 0.3) is 22.3 Å². The highest BCUT2D eigenvalue weighted by molar-refractivity contribution is 7.00. The van der Waals surface area contributed by atoms with Crippen LogP contribution in [-0.4, -0.2) is 6.71 Å². The minimum atomic E-state index is -0.0307. The molecule has 3 heteroatoms. The number of anilines is 6. The Kier molecular flexibility index (Phi) is 10.1. The standard InChI is InChI=1S/C63H69BN2/c1-40-33-56-58-57(34-40)66(53-30-28-45(60(5,6)7)36-48(53)43-25-23-42(24-26-43)41-19-16-15-17-20-41)55-39-50-49(62(11,12)31-32-63(50,13)14)38-52(55)64(58)51-29-27-46(61(8,9)10)37-54(51)65(56)47-22-18-21-44(35-47)59(2,3)4/h15-30,33-39H,31-32H2,1-14H3. The highest BCUT2D eigenvalue weighted by atomic mass is 15.2. The average molecular weight is 865 g/mol. The van der Waals surface area contributed by atoms with Crippen molar-refractivity contribution in [2.75, 3.05) is 9.80 Å². The third-order valence-electron chi connectivity index (χ3n) is 15.4. The van der Waals surface area contributed by atoms with Gasteiger partial charge in [-0.15, -0.1) is 0 Å². The number of nitrogens with zero attached hydrogens (tertiary/aromatic N) is 2. The van der Waals surface area contributed by atoms with Crippen molar-refractivity contribution in [1.29, 1.82) is 0 Å². The van der Waals surface area contributed by atoms with Crippen LogP contribution in [0.1, 0.15) is 136 Å². The lowest BCUT2D eigenvalue weighted by atomic mass is 9.33. The lowest BCUT2D eigenvalue weighted by Crippen LogP contribution is -2.62. The van der Waals surface area contributed by atoms with E-state index in [2.05, 4.69) is 246 Å². The summed E-state index contributed by atoms with van der Waals surface area (Å²) in [4.78, 5) is 5.30. The van der Waals surface area contributed by atoms with Crippen molar-refractivity contribution in [2.24, 2.45) is 0 Å². The molecule has 2 aliphatic heterocycles. The van der Waals surface area contributed by atoms with E-state index in [1.807, 2.05) is 0 Å². The van der Waals surface area contributed by atoms with Gasteiger partial charge in [0.2, 0.25) is 0 Å². The van der Waals surface area contributed by atoms with Crippen LogP contribution in [0.5, 0.6) is 0 Å². The van der Waals surface area contributed by atoms with Crippen LogP contribution in [0.2, 0.25) is 0 Å². The maximum Gasteiger partial charge on any atom is 0.252 e. The number of hydrogen-bond acceptors (Lipinski definition) is 2. The number of aryl methyl sites for hydroxylation is 1. The first-order valence-electron chi connectivity index (χ1n) is 24.5. The van der Waals surface area contributed by atoms with E-state index in [9.17, 15) is 0 Å². The van der Waals surface area contributed by atoms with E-state index < -0.39 is 0 Å². The van der Waals surface area contributed by atoms with Crippen molar-refractivity contribution in [3.05, 3.63) is 173 Å². The Morgan fingerprint density at radius 2 is 0.955 bits per heavy atom. The molecule has 0 saturated carbocycles. The summed E-state index contributed by atoms with van der Waals surface area (Å²) in [6, 6.07) is 54.4. The molecule has 7 aromatic carbocycles. The predicted octanol–water partition coefficient (Wildman–Crippen LogP) is 15.7. The van der Waals surface area contributed by atoms with Crippen LogP contribution in [0.3, 0.4) is 0 Å². The fourth-order valence-corrected chi connectivity index (χ4v) is 11.2. The molecule has 0 aromatic heterocycles. The van der Waals surface area contributed by atoms with E-state index >= 15 is 0 Å². The van der Waals surface area contributed by atoms with Gasteiger partial charge in [-0.25, -0.2) is 0 Å². The van der Waals surface area contributed by atoms with E-state index in [-0.39, 0.29) is 33.8 Å². The van der Waals surface area contributed by atoms with Crippen molar-refractivity contribution in [3.8, 4) is 22.3 Å². The molecule has 334 valence electrons. The lowest BCUT2D eigenvalue weighted by molar-refractivity contribution is 0.332. The highest BCUT2D eigenvalue weighted by Gasteiger charge is 2.47. The molecule has 3 aliphatic rings. The predicted molar refractivity (Wildman–Crippen MR) is 287 cm³/mol. The number of rotatable bonds is 4. The molecule has 0 radical (unpaired) electrons. The third-order valence-corrected chi connectivity index (χ3v) is 15.4. The first-order valence-corrected chi connectivity index (χ1v) is 24.5. The molecule has 2 nitrogen and oxygen atoms in total. The second kappa shape index (κ2) is 15.1. The Hall–Kier alpha value is -5.80. The summed E-state index contributed by atoms with van der Waals surface area (Å²) in [5, 5.41) is 0. The Balaban J connectivity index is 1.31. The van der Waals surface area contributed by atoms with Gasteiger partial charge in [0.05, 0.1) is 5.69 Å². The van der Waals surface area contributed by atoms with E-state index in [1.165, 1.54) is 113 Å². The van der Waals surface area contributed by atoms with Crippen LogP contribution in [-0.2, 0) is 27.1 Å². The molecule has 0 bridgehead atoms. The van der Waals surface area contributed by atoms with Gasteiger partial charge in [-0.3, -0.25) is 0 Å². The van der Waals surface area contributed by atoms with Crippen LogP contribution < -0.4 is 26.2 Å². The van der Waals surface area contributed by atoms with Crippen molar-refractivity contribution >= 4 is 57.2 Å². The van der Waals surface area contributed by atoms with E-state index in [0.717, 1.165) is 6.42 Å². The normalized spacial score (nSPS) is 16.1. The second-order valence-corrected chi connectivity index (χ2v) is 24.3. The second-order valence-electron chi connectivity index (χ2n) is 24.3. The minimum absolute atomic E-state index is 0.000774. The van der Waals surface area contributed by atoms with Crippen LogP contribution in [0, 0.1) is 6.92 Å². The smallest absolute Gasteiger partial charge is 0.252 e. The summed E-state index contributed by atoms with van der Waals surface area (Å²) in [6.45, 7) is 33.3. The molecule has 7 aromatic rings. The van der Waals surface area contributed by atoms with Gasteiger partial charge in [-0.1, -0.05) is 181 Å². The Morgan fingerprint density at radius 3 is 1.59 bits per heavy atom. The average Bonchev–Trinajstić information content (AvgIpc) is 3.26. The molecule has 1 aliphatic carbocycles. The summed E-state index contributed by atoms with van der Waals surface area (Å²) in [7, 11) is 0. The summed E-state index contributed by atoms with van der Waals surface area (Å²) in [5.74, 6) is 0. The maximum absolute atomic E-state index is 2.68. The molecule has 10 rings (SSSR count). The van der Waals surface area contributed by atoms with Gasteiger partial charge in [-0.05, 0) is 162 Å². The number of benzene rings is 7. The Labute approximate surface area is 397 Å². The van der Waals surface area contributed by atoms with Gasteiger partial charge in [0.1, 0.15) is 0 Å². The highest BCUT2D eigenvalue weighted by Crippen LogP contribution is 2.52. The Morgan fingerprint density at radius 1 is 0.424 bits per heavy atom. The van der Waals surface area contributed by atoms with Gasteiger partial charge < -0.3 is 9.80 Å². The van der Waals surface area contributed by atoms with Gasteiger partial charge in [0, 0.05) is 34.0 Å². The minimum Gasteiger partial charge on any atom is -0.311 e. The largest absolute Gasteiger partial charge is 0.311 e. The summed E-state index contributed by atoms with van der Waals surface area (Å²) >= 11 is 0. The van der Waals surface area contributed by atoms with Gasteiger partial charge in [0.15, 0.2) is 0 Å². The number of hydrogen-bond donors (Lipinski definition) is 0. The molecule has 66 heavy (non-hydrogen) atoms. The zero-order valence-corrected chi connectivity index (χ0v) is 42.2. The topological polar surface area (TPSA) is 6.48 Å². The van der Waals surface area contributed by atoms with E-state index in [1.54, 1.807) is 0 Å². The fraction of sp³-hybridized carbons (Fsp3) is 0.333. The molecular formula is C63H69BN2. The van der Waals surface area contributed by atoms with Crippen LogP contribution >= 0.6 is 0 Å². The zero-order chi connectivity index (χ0) is 46.9. The number of fused-ring (bicyclic) bond motifs is 5. The molecule has 0 atom stereocenters. The molecule has 0 saturated heterocycles. The molecule has 0 fully saturated rings. The van der Waals surface area contributed by atoms with Gasteiger partial charge in [0.25, 0.3) is 6.71 Å². The molecule has 0 unspecified atom stereocenters. The van der Waals surface area contributed by atoms with Crippen LogP contribution in [0.15, 0.2) is 140 Å². The summed E-state index contributed by atoms with van der Waals surface area (Å²) in [5.41, 5.74) is 24.9. The summed E-state index contributed by atoms with van der Waals surface area (Å²) in [6.07, 6.45) is 2.33. The molecule has 0 N–H and O–H groups in total. The molecule has 2 heterocycles. The molecule has 0 spiro atoms. The van der Waals surface area contributed by atoms with Crippen molar-refractivity contribution in [3.63, 3.8) is 0 Å². The van der Waals surface area contributed by atoms with Crippen molar-refractivity contribution < 1.29 is 0 Å². The first-order chi connectivity index (χ1) is 31.0. The molecule has 0 amide bonds.